The van der Waals surface area contributed by atoms with Gasteiger partial charge in [0.15, 0.2) is 17.2 Å². The zero-order valence-corrected chi connectivity index (χ0v) is 13.1. The van der Waals surface area contributed by atoms with Crippen molar-refractivity contribution in [2.24, 2.45) is 17.4 Å². The van der Waals surface area contributed by atoms with Gasteiger partial charge < -0.3 is 31.5 Å². The minimum absolute atomic E-state index is 0.105. The molecule has 3 rings (SSSR count). The van der Waals surface area contributed by atoms with E-state index in [0.29, 0.717) is 0 Å². The Morgan fingerprint density at radius 3 is 2.76 bits per heavy atom. The maximum Gasteiger partial charge on any atom is 0.229 e. The molecule has 0 bridgehead atoms. The molecule has 1 aliphatic rings. The Hall–Kier alpha value is -2.22. The average molecular weight is 353 g/mol. The summed E-state index contributed by atoms with van der Waals surface area (Å²) in [5.41, 5.74) is 17.9. The second-order valence-corrected chi connectivity index (χ2v) is 5.80. The third kappa shape index (κ3) is 2.55. The number of aromatic nitrogens is 4. The molecule has 12 heteroatoms. The lowest BCUT2D eigenvalue weighted by Gasteiger charge is -2.29. The number of ketones is 1. The van der Waals surface area contributed by atoms with Gasteiger partial charge in [-0.1, -0.05) is 0 Å². The van der Waals surface area contributed by atoms with Gasteiger partial charge in [-0.2, -0.15) is 0 Å². The van der Waals surface area contributed by atoms with Crippen molar-refractivity contribution in [1.82, 2.24) is 19.5 Å². The van der Waals surface area contributed by atoms with E-state index < -0.39 is 49.0 Å². The van der Waals surface area contributed by atoms with Crippen molar-refractivity contribution in [3.63, 3.8) is 0 Å². The number of nitrogens with zero attached hydrogens (tertiary/aromatic N) is 4. The molecule has 2 aromatic rings. The molecular weight excluding hydrogens is 334 g/mol. The number of carbonyl (C=O) groups excluding carboxylic acids is 1. The summed E-state index contributed by atoms with van der Waals surface area (Å²) in [7, 11) is 0. The molecule has 3 heterocycles. The Bertz CT molecular complexity index is 798. The molecule has 5 atom stereocenters. The number of rotatable bonds is 5. The van der Waals surface area contributed by atoms with E-state index in [1.54, 1.807) is 0 Å². The number of aliphatic hydroxyl groups excluding tert-OH is 3. The van der Waals surface area contributed by atoms with Gasteiger partial charge in [0.05, 0.1) is 31.3 Å². The highest BCUT2D eigenvalue weighted by Gasteiger charge is 2.57. The standard InChI is InChI=1S/C13H19N7O5/c14-5(1-21)9(23)7-6(2-22)25-13(16,10(7)24)20-4-19-8-11(15)17-3-18-12(8)20/h3-7,10,21-22,24H,1-2,14,16H2,(H2,15,17,18)/t5-,6+,7-,10+,13-/m0/s1. The van der Waals surface area contributed by atoms with Crippen LogP contribution in [-0.2, 0) is 15.4 Å². The molecule has 0 aliphatic carbocycles. The number of imidazole rings is 1. The van der Waals surface area contributed by atoms with Crippen molar-refractivity contribution in [1.29, 1.82) is 0 Å². The molecule has 136 valence electrons. The number of fused-ring (bicyclic) bond motifs is 1. The van der Waals surface area contributed by atoms with Gasteiger partial charge in [-0.05, 0) is 0 Å². The van der Waals surface area contributed by atoms with Gasteiger partial charge in [0, 0.05) is 0 Å². The molecule has 0 aromatic carbocycles. The Morgan fingerprint density at radius 1 is 1.40 bits per heavy atom. The Kier molecular flexibility index (Phi) is 4.40. The molecular formula is C13H19N7O5. The Morgan fingerprint density at radius 2 is 2.12 bits per heavy atom. The van der Waals surface area contributed by atoms with Crippen LogP contribution in [-0.4, -0.2) is 72.1 Å². The molecule has 0 amide bonds. The number of hydrogen-bond donors (Lipinski definition) is 6. The molecule has 1 aliphatic heterocycles. The van der Waals surface area contributed by atoms with Crippen molar-refractivity contribution in [3.05, 3.63) is 12.7 Å². The summed E-state index contributed by atoms with van der Waals surface area (Å²) in [4.78, 5) is 24.2. The minimum atomic E-state index is -1.95. The highest BCUT2D eigenvalue weighted by Crippen LogP contribution is 2.38. The lowest BCUT2D eigenvalue weighted by atomic mass is 9.88. The molecule has 25 heavy (non-hydrogen) atoms. The predicted molar refractivity (Wildman–Crippen MR) is 83.4 cm³/mol. The van der Waals surface area contributed by atoms with Crippen molar-refractivity contribution in [2.45, 2.75) is 24.1 Å². The van der Waals surface area contributed by atoms with E-state index in [1.807, 2.05) is 0 Å². The molecule has 1 fully saturated rings. The summed E-state index contributed by atoms with van der Waals surface area (Å²) >= 11 is 0. The zero-order chi connectivity index (χ0) is 18.4. The minimum Gasteiger partial charge on any atom is -0.394 e. The fourth-order valence-corrected chi connectivity index (χ4v) is 2.98. The summed E-state index contributed by atoms with van der Waals surface area (Å²) < 4.78 is 6.79. The zero-order valence-electron chi connectivity index (χ0n) is 13.1. The van der Waals surface area contributed by atoms with E-state index >= 15 is 0 Å². The van der Waals surface area contributed by atoms with E-state index in [4.69, 9.17) is 27.0 Å². The fourth-order valence-electron chi connectivity index (χ4n) is 2.98. The van der Waals surface area contributed by atoms with Crippen LogP contribution in [0.25, 0.3) is 11.2 Å². The smallest absolute Gasteiger partial charge is 0.229 e. The van der Waals surface area contributed by atoms with Crippen LogP contribution in [0.4, 0.5) is 5.82 Å². The van der Waals surface area contributed by atoms with Crippen molar-refractivity contribution in [2.75, 3.05) is 18.9 Å². The number of nitrogen functional groups attached to an aromatic ring is 1. The number of aliphatic hydroxyl groups is 3. The van der Waals surface area contributed by atoms with Crippen LogP contribution in [0.5, 0.6) is 0 Å². The van der Waals surface area contributed by atoms with Crippen LogP contribution < -0.4 is 17.2 Å². The van der Waals surface area contributed by atoms with Crippen molar-refractivity contribution >= 4 is 22.8 Å². The van der Waals surface area contributed by atoms with Crippen LogP contribution in [0.2, 0.25) is 0 Å². The van der Waals surface area contributed by atoms with Crippen molar-refractivity contribution in [3.8, 4) is 0 Å². The SMILES string of the molecule is Nc1ncnc2c1ncn2[C@]1(N)O[C@H](CO)[C@@H](C(=O)[C@@H](N)CO)[C@H]1O. The predicted octanol–water partition coefficient (Wildman–Crippen LogP) is -3.77. The van der Waals surface area contributed by atoms with E-state index in [1.165, 1.54) is 17.2 Å². The first-order chi connectivity index (χ1) is 11.8. The van der Waals surface area contributed by atoms with Gasteiger partial charge in [-0.25, -0.2) is 15.0 Å². The maximum absolute atomic E-state index is 12.4. The van der Waals surface area contributed by atoms with E-state index in [2.05, 4.69) is 15.0 Å². The van der Waals surface area contributed by atoms with Gasteiger partial charge >= 0.3 is 0 Å². The highest BCUT2D eigenvalue weighted by atomic mass is 16.6. The van der Waals surface area contributed by atoms with E-state index in [0.717, 1.165) is 0 Å². The third-order valence-electron chi connectivity index (χ3n) is 4.31. The van der Waals surface area contributed by atoms with Gasteiger partial charge in [0.2, 0.25) is 5.85 Å². The molecule has 0 unspecified atom stereocenters. The number of hydrogen-bond acceptors (Lipinski definition) is 11. The molecule has 0 spiro atoms. The second kappa shape index (κ2) is 6.25. The summed E-state index contributed by atoms with van der Waals surface area (Å²) in [5, 5.41) is 29.3. The van der Waals surface area contributed by atoms with Crippen LogP contribution >= 0.6 is 0 Å². The van der Waals surface area contributed by atoms with Crippen molar-refractivity contribution < 1.29 is 24.9 Å². The fraction of sp³-hybridized carbons (Fsp3) is 0.538. The number of carbonyl (C=O) groups is 1. The molecule has 2 aromatic heterocycles. The quantitative estimate of drug-likeness (QED) is 0.307. The Labute approximate surface area is 141 Å². The van der Waals surface area contributed by atoms with E-state index in [-0.39, 0.29) is 17.0 Å². The first-order valence-electron chi connectivity index (χ1n) is 7.45. The average Bonchev–Trinajstić information content (AvgIpc) is 3.15. The van der Waals surface area contributed by atoms with Gasteiger partial charge in [0.25, 0.3) is 0 Å². The van der Waals surface area contributed by atoms with Gasteiger partial charge in [0.1, 0.15) is 24.3 Å². The van der Waals surface area contributed by atoms with Gasteiger partial charge in [-0.3, -0.25) is 15.1 Å². The maximum atomic E-state index is 12.4. The van der Waals surface area contributed by atoms with E-state index in [9.17, 15) is 15.0 Å². The summed E-state index contributed by atoms with van der Waals surface area (Å²) in [6.45, 7) is -1.20. The molecule has 1 saturated heterocycles. The summed E-state index contributed by atoms with van der Waals surface area (Å²) in [5.74, 6) is -3.76. The van der Waals surface area contributed by atoms with Crippen LogP contribution in [0.15, 0.2) is 12.7 Å². The monoisotopic (exact) mass is 353 g/mol. The highest BCUT2D eigenvalue weighted by molar-refractivity contribution is 5.88. The lowest BCUT2D eigenvalue weighted by molar-refractivity contribution is -0.141. The van der Waals surface area contributed by atoms with Crippen LogP contribution in [0.1, 0.15) is 0 Å². The second-order valence-electron chi connectivity index (χ2n) is 5.80. The number of ether oxygens (including phenoxy) is 1. The number of anilines is 1. The third-order valence-corrected chi connectivity index (χ3v) is 4.31. The molecule has 0 radical (unpaired) electrons. The lowest BCUT2D eigenvalue weighted by Crippen LogP contribution is -2.54. The normalized spacial score (nSPS) is 30.7. The largest absolute Gasteiger partial charge is 0.394 e. The van der Waals surface area contributed by atoms with Crippen LogP contribution in [0, 0.1) is 5.92 Å². The molecule has 12 nitrogen and oxygen atoms in total. The Balaban J connectivity index is 2.06. The molecule has 0 saturated carbocycles. The molecule has 9 N–H and O–H groups in total. The first-order valence-corrected chi connectivity index (χ1v) is 7.45. The first kappa shape index (κ1) is 17.6. The summed E-state index contributed by atoms with van der Waals surface area (Å²) in [6.07, 6.45) is -0.273. The van der Waals surface area contributed by atoms with Crippen LogP contribution in [0.3, 0.4) is 0 Å². The topological polar surface area (TPSA) is 209 Å². The number of nitrogens with two attached hydrogens (primary N) is 3. The summed E-state index contributed by atoms with van der Waals surface area (Å²) in [6, 6.07) is -1.24. The van der Waals surface area contributed by atoms with Gasteiger partial charge in [-0.15, -0.1) is 0 Å². The number of Topliss-reactive ketones (excluding diaryl/α,β-unsaturated/α-hetero) is 1.